The first-order valence-electron chi connectivity index (χ1n) is 17.2. The Labute approximate surface area is 279 Å². The zero-order valence-corrected chi connectivity index (χ0v) is 28.4. The molecule has 1 unspecified atom stereocenters. The Balaban J connectivity index is 1.28. The number of carbonyl (C=O) groups is 2. The van der Waals surface area contributed by atoms with E-state index >= 15 is 0 Å². The molecule has 47 heavy (non-hydrogen) atoms. The molecule has 3 aliphatic rings. The maximum absolute atomic E-state index is 14.9. The van der Waals surface area contributed by atoms with E-state index in [0.29, 0.717) is 26.1 Å². The highest BCUT2D eigenvalue weighted by Crippen LogP contribution is 2.42. The van der Waals surface area contributed by atoms with Crippen LogP contribution in [0.15, 0.2) is 72.8 Å². The van der Waals surface area contributed by atoms with Crippen LogP contribution in [0, 0.1) is 5.92 Å². The summed E-state index contributed by atoms with van der Waals surface area (Å²) in [4.78, 5) is 34.6. The van der Waals surface area contributed by atoms with Crippen LogP contribution in [-0.2, 0) is 14.3 Å². The Kier molecular flexibility index (Phi) is 9.78. The van der Waals surface area contributed by atoms with Crippen LogP contribution in [0.3, 0.4) is 0 Å². The Bertz CT molecular complexity index is 1550. The van der Waals surface area contributed by atoms with E-state index in [1.807, 2.05) is 45.0 Å². The minimum Gasteiger partial charge on any atom is -0.444 e. The molecule has 3 aromatic rings. The van der Waals surface area contributed by atoms with Gasteiger partial charge in [-0.1, -0.05) is 54.6 Å². The number of para-hydroxylation sites is 1. The third kappa shape index (κ3) is 7.75. The topological polar surface area (TPSA) is 88.3 Å². The number of likely N-dealkylation sites (tertiary alicyclic amines) is 1. The summed E-state index contributed by atoms with van der Waals surface area (Å²) in [5, 5.41) is 0. The summed E-state index contributed by atoms with van der Waals surface area (Å²) in [5.41, 5.74) is 12.0. The molecule has 2 fully saturated rings. The van der Waals surface area contributed by atoms with Crippen molar-refractivity contribution >= 4 is 23.4 Å². The van der Waals surface area contributed by atoms with E-state index in [-0.39, 0.29) is 35.8 Å². The first-order chi connectivity index (χ1) is 22.6. The molecule has 0 aromatic heterocycles. The Morgan fingerprint density at radius 2 is 1.70 bits per heavy atom. The predicted molar refractivity (Wildman–Crippen MR) is 188 cm³/mol. The normalized spacial score (nSPS) is 21.0. The van der Waals surface area contributed by atoms with Gasteiger partial charge in [-0.05, 0) is 92.8 Å². The monoisotopic (exact) mass is 638 g/mol. The number of amides is 2. The van der Waals surface area contributed by atoms with Gasteiger partial charge in [0.25, 0.3) is 0 Å². The molecule has 0 spiro atoms. The van der Waals surface area contributed by atoms with Crippen LogP contribution in [0.2, 0.25) is 0 Å². The molecule has 3 atom stereocenters. The minimum atomic E-state index is -0.605. The van der Waals surface area contributed by atoms with Gasteiger partial charge in [0, 0.05) is 69.8 Å². The average Bonchev–Trinajstić information content (AvgIpc) is 3.85. The molecule has 1 saturated heterocycles. The van der Waals surface area contributed by atoms with E-state index in [2.05, 4.69) is 58.3 Å². The van der Waals surface area contributed by atoms with Gasteiger partial charge in [-0.15, -0.1) is 0 Å². The largest absolute Gasteiger partial charge is 0.444 e. The number of nitrogen functional groups attached to an aromatic ring is 1. The summed E-state index contributed by atoms with van der Waals surface area (Å²) in [7, 11) is 1.75. The van der Waals surface area contributed by atoms with Gasteiger partial charge in [0.15, 0.2) is 0 Å². The van der Waals surface area contributed by atoms with Crippen LogP contribution in [0.4, 0.5) is 16.2 Å². The second-order valence-corrected chi connectivity index (χ2v) is 14.4. The fraction of sp³-hybridized carbons (Fsp3) is 0.487. The smallest absolute Gasteiger partial charge is 0.410 e. The van der Waals surface area contributed by atoms with Gasteiger partial charge >= 0.3 is 6.09 Å². The van der Waals surface area contributed by atoms with Gasteiger partial charge in [0.05, 0.1) is 5.92 Å². The van der Waals surface area contributed by atoms with Crippen LogP contribution in [-0.4, -0.2) is 79.9 Å². The molecule has 2 amide bonds. The molecular formula is C39H50N4O4. The Morgan fingerprint density at radius 1 is 0.936 bits per heavy atom. The maximum Gasteiger partial charge on any atom is 0.410 e. The standard InChI is InChI=1S/C39H50N4O4/c1-39(2,3)47-38(45)42-21-19-33(29-10-7-9-28(23-29)27-13-15-31(40)16-14-27)35(26-42)37(44)43(32-17-18-32)25-30-24-41(20-8-22-46-4)36-12-6-5-11-34(30)36/h5-7,9-16,23,30,32-33,35H,8,17-22,24-26,40H2,1-4H3/t30?,33-,35+/m1/s1. The first kappa shape index (κ1) is 32.9. The summed E-state index contributed by atoms with van der Waals surface area (Å²) < 4.78 is 11.1. The lowest BCUT2D eigenvalue weighted by Crippen LogP contribution is -2.51. The lowest BCUT2D eigenvalue weighted by Gasteiger charge is -2.41. The molecule has 2 heterocycles. The van der Waals surface area contributed by atoms with Crippen LogP contribution >= 0.6 is 0 Å². The molecule has 250 valence electrons. The lowest BCUT2D eigenvalue weighted by atomic mass is 9.78. The van der Waals surface area contributed by atoms with Crippen molar-refractivity contribution in [1.82, 2.24) is 9.80 Å². The van der Waals surface area contributed by atoms with Crippen molar-refractivity contribution in [1.29, 1.82) is 0 Å². The number of hydrogen-bond acceptors (Lipinski definition) is 6. The highest BCUT2D eigenvalue weighted by Gasteiger charge is 2.44. The molecule has 0 radical (unpaired) electrons. The fourth-order valence-electron chi connectivity index (χ4n) is 7.32. The number of hydrogen-bond donors (Lipinski definition) is 1. The molecule has 2 N–H and O–H groups in total. The van der Waals surface area contributed by atoms with E-state index in [1.165, 1.54) is 11.3 Å². The number of piperidine rings is 1. The van der Waals surface area contributed by atoms with Crippen molar-refractivity contribution in [2.24, 2.45) is 5.92 Å². The molecule has 8 heteroatoms. The van der Waals surface area contributed by atoms with Crippen molar-refractivity contribution < 1.29 is 19.1 Å². The van der Waals surface area contributed by atoms with Crippen molar-refractivity contribution in [3.63, 3.8) is 0 Å². The number of ether oxygens (including phenoxy) is 2. The molecule has 0 bridgehead atoms. The van der Waals surface area contributed by atoms with E-state index in [0.717, 1.165) is 61.3 Å². The quantitative estimate of drug-likeness (QED) is 0.192. The Hall–Kier alpha value is -4.04. The predicted octanol–water partition coefficient (Wildman–Crippen LogP) is 6.91. The zero-order chi connectivity index (χ0) is 33.1. The summed E-state index contributed by atoms with van der Waals surface area (Å²) in [6.07, 6.45) is 3.36. The van der Waals surface area contributed by atoms with E-state index < -0.39 is 5.60 Å². The average molecular weight is 639 g/mol. The number of methoxy groups -OCH3 is 1. The van der Waals surface area contributed by atoms with Crippen LogP contribution in [0.5, 0.6) is 0 Å². The van der Waals surface area contributed by atoms with Crippen LogP contribution < -0.4 is 10.6 Å². The second-order valence-electron chi connectivity index (χ2n) is 14.4. The lowest BCUT2D eigenvalue weighted by molar-refractivity contribution is -0.138. The van der Waals surface area contributed by atoms with E-state index in [9.17, 15) is 9.59 Å². The highest BCUT2D eigenvalue weighted by molar-refractivity contribution is 5.82. The number of nitrogens with two attached hydrogens (primary N) is 1. The minimum absolute atomic E-state index is 0.0161. The number of carbonyl (C=O) groups excluding carboxylic acids is 2. The van der Waals surface area contributed by atoms with Crippen LogP contribution in [0.25, 0.3) is 11.1 Å². The van der Waals surface area contributed by atoms with E-state index in [4.69, 9.17) is 15.2 Å². The SMILES string of the molecule is COCCCN1CC(CN(C(=O)[C@H]2CN(C(=O)OC(C)(C)C)CC[C@@H]2c2cccc(-c3ccc(N)cc3)c2)C2CC2)c2ccccc21. The van der Waals surface area contributed by atoms with E-state index in [1.54, 1.807) is 12.0 Å². The number of nitrogens with zero attached hydrogens (tertiary/aromatic N) is 3. The summed E-state index contributed by atoms with van der Waals surface area (Å²) in [6.45, 7) is 9.78. The molecule has 1 aliphatic carbocycles. The van der Waals surface area contributed by atoms with Gasteiger partial charge in [-0.25, -0.2) is 4.79 Å². The zero-order valence-electron chi connectivity index (χ0n) is 28.4. The number of rotatable bonds is 10. The number of fused-ring (bicyclic) bond motifs is 1. The summed E-state index contributed by atoms with van der Waals surface area (Å²) >= 11 is 0. The van der Waals surface area contributed by atoms with Crippen molar-refractivity contribution in [3.8, 4) is 11.1 Å². The number of anilines is 2. The van der Waals surface area contributed by atoms with Gasteiger partial charge in [-0.3, -0.25) is 4.79 Å². The molecule has 1 saturated carbocycles. The van der Waals surface area contributed by atoms with Gasteiger partial charge in [0.2, 0.25) is 5.91 Å². The van der Waals surface area contributed by atoms with Crippen molar-refractivity contribution in [2.45, 2.75) is 69.9 Å². The van der Waals surface area contributed by atoms with Crippen molar-refractivity contribution in [3.05, 3.63) is 83.9 Å². The number of benzene rings is 3. The fourth-order valence-corrected chi connectivity index (χ4v) is 7.32. The van der Waals surface area contributed by atoms with Gasteiger partial charge in [-0.2, -0.15) is 0 Å². The second kappa shape index (κ2) is 14.0. The summed E-state index contributed by atoms with van der Waals surface area (Å²) in [5.74, 6) is 0.000615. The highest BCUT2D eigenvalue weighted by atomic mass is 16.6. The van der Waals surface area contributed by atoms with Gasteiger partial charge in [0.1, 0.15) is 5.60 Å². The van der Waals surface area contributed by atoms with Crippen molar-refractivity contribution in [2.75, 3.05) is 57.1 Å². The molecule has 8 nitrogen and oxygen atoms in total. The van der Waals surface area contributed by atoms with Crippen LogP contribution in [0.1, 0.15) is 69.4 Å². The van der Waals surface area contributed by atoms with Gasteiger partial charge < -0.3 is 29.9 Å². The first-order valence-corrected chi connectivity index (χ1v) is 17.2. The molecule has 6 rings (SSSR count). The third-order valence-corrected chi connectivity index (χ3v) is 9.76. The molecule has 2 aliphatic heterocycles. The molecule has 3 aromatic carbocycles. The maximum atomic E-state index is 14.9. The Morgan fingerprint density at radius 3 is 2.43 bits per heavy atom. The summed E-state index contributed by atoms with van der Waals surface area (Å²) in [6, 6.07) is 25.3. The third-order valence-electron chi connectivity index (χ3n) is 9.76. The molecular weight excluding hydrogens is 588 g/mol.